The molecule has 27 heavy (non-hydrogen) atoms. The second-order valence-electron chi connectivity index (χ2n) is 7.56. The molecule has 0 unspecified atom stereocenters. The average molecular weight is 371 g/mol. The third-order valence-corrected chi connectivity index (χ3v) is 5.49. The molecule has 0 atom stereocenters. The molecule has 0 N–H and O–H groups in total. The highest BCUT2D eigenvalue weighted by Crippen LogP contribution is 2.12. The van der Waals surface area contributed by atoms with Crippen molar-refractivity contribution in [2.45, 2.75) is 32.6 Å². The fourth-order valence-corrected chi connectivity index (χ4v) is 3.69. The van der Waals surface area contributed by atoms with E-state index in [1.165, 1.54) is 12.8 Å². The molecule has 146 valence electrons. The number of Topliss-reactive ketones (excluding diaryl/α,β-unsaturated/α-hetero) is 1. The van der Waals surface area contributed by atoms with Gasteiger partial charge in [-0.3, -0.25) is 19.3 Å². The summed E-state index contributed by atoms with van der Waals surface area (Å²) >= 11 is 0. The molecule has 2 amide bonds. The van der Waals surface area contributed by atoms with Gasteiger partial charge in [0.25, 0.3) is 5.91 Å². The molecule has 2 saturated heterocycles. The number of carbonyl (C=O) groups excluding carboxylic acids is 3. The number of piperazine rings is 1. The van der Waals surface area contributed by atoms with Crippen molar-refractivity contribution in [1.82, 2.24) is 14.7 Å². The van der Waals surface area contributed by atoms with Crippen molar-refractivity contribution in [2.75, 3.05) is 45.8 Å². The zero-order valence-corrected chi connectivity index (χ0v) is 16.2. The Kier molecular flexibility index (Phi) is 6.61. The SMILES string of the molecule is Cc1ccc(C(=O)C(=O)N2CCN(CC(=O)N3CCCCCC3)CC2)cc1. The van der Waals surface area contributed by atoms with Crippen LogP contribution >= 0.6 is 0 Å². The minimum atomic E-state index is -0.455. The molecule has 6 heteroatoms. The molecule has 3 rings (SSSR count). The lowest BCUT2D eigenvalue weighted by molar-refractivity contribution is -0.133. The van der Waals surface area contributed by atoms with Crippen LogP contribution in [0.5, 0.6) is 0 Å². The van der Waals surface area contributed by atoms with Gasteiger partial charge in [-0.15, -0.1) is 0 Å². The molecule has 2 heterocycles. The number of rotatable bonds is 4. The Morgan fingerprint density at radius 2 is 1.37 bits per heavy atom. The number of hydrogen-bond acceptors (Lipinski definition) is 4. The first-order chi connectivity index (χ1) is 13.0. The van der Waals surface area contributed by atoms with E-state index in [1.54, 1.807) is 17.0 Å². The van der Waals surface area contributed by atoms with E-state index in [2.05, 4.69) is 4.90 Å². The van der Waals surface area contributed by atoms with E-state index in [-0.39, 0.29) is 5.91 Å². The summed E-state index contributed by atoms with van der Waals surface area (Å²) in [6, 6.07) is 7.08. The largest absolute Gasteiger partial charge is 0.342 e. The zero-order chi connectivity index (χ0) is 19.2. The van der Waals surface area contributed by atoms with Crippen molar-refractivity contribution >= 4 is 17.6 Å². The van der Waals surface area contributed by atoms with E-state index < -0.39 is 11.7 Å². The molecule has 1 aromatic rings. The fraction of sp³-hybridized carbons (Fsp3) is 0.571. The van der Waals surface area contributed by atoms with Crippen LogP contribution < -0.4 is 0 Å². The van der Waals surface area contributed by atoms with Crippen LogP contribution in [0.1, 0.15) is 41.6 Å². The van der Waals surface area contributed by atoms with E-state index in [4.69, 9.17) is 0 Å². The summed E-state index contributed by atoms with van der Waals surface area (Å²) in [5, 5.41) is 0. The number of carbonyl (C=O) groups is 3. The standard InChI is InChI=1S/C21H29N3O3/c1-17-6-8-18(9-7-17)20(26)21(27)24-14-12-22(13-15-24)16-19(25)23-10-4-2-3-5-11-23/h6-9H,2-5,10-16H2,1H3. The fourth-order valence-electron chi connectivity index (χ4n) is 3.69. The second-order valence-corrected chi connectivity index (χ2v) is 7.56. The lowest BCUT2D eigenvalue weighted by Gasteiger charge is -2.35. The smallest absolute Gasteiger partial charge is 0.295 e. The van der Waals surface area contributed by atoms with Crippen LogP contribution in [0.15, 0.2) is 24.3 Å². The van der Waals surface area contributed by atoms with Crippen LogP contribution in [-0.4, -0.2) is 78.1 Å². The Morgan fingerprint density at radius 1 is 0.778 bits per heavy atom. The Morgan fingerprint density at radius 3 is 1.96 bits per heavy atom. The molecule has 2 aliphatic rings. The summed E-state index contributed by atoms with van der Waals surface area (Å²) in [7, 11) is 0. The number of nitrogens with zero attached hydrogens (tertiary/aromatic N) is 3. The van der Waals surface area contributed by atoms with Gasteiger partial charge in [-0.2, -0.15) is 0 Å². The van der Waals surface area contributed by atoms with Gasteiger partial charge in [0.05, 0.1) is 6.54 Å². The molecular weight excluding hydrogens is 342 g/mol. The Labute approximate surface area is 161 Å². The summed E-state index contributed by atoms with van der Waals surface area (Å²) in [5.41, 5.74) is 1.49. The summed E-state index contributed by atoms with van der Waals surface area (Å²) < 4.78 is 0. The van der Waals surface area contributed by atoms with Crippen LogP contribution in [-0.2, 0) is 9.59 Å². The first-order valence-corrected chi connectivity index (χ1v) is 9.95. The molecule has 6 nitrogen and oxygen atoms in total. The maximum atomic E-state index is 12.5. The maximum Gasteiger partial charge on any atom is 0.295 e. The summed E-state index contributed by atoms with van der Waals surface area (Å²) in [5.74, 6) is -0.714. The van der Waals surface area contributed by atoms with Crippen molar-refractivity contribution in [1.29, 1.82) is 0 Å². The first kappa shape index (κ1) is 19.5. The molecule has 2 aliphatic heterocycles. The highest BCUT2D eigenvalue weighted by molar-refractivity contribution is 6.42. The average Bonchev–Trinajstić information content (AvgIpc) is 2.98. The van der Waals surface area contributed by atoms with Crippen molar-refractivity contribution in [3.63, 3.8) is 0 Å². The monoisotopic (exact) mass is 371 g/mol. The van der Waals surface area contributed by atoms with Gasteiger partial charge in [0.1, 0.15) is 0 Å². The number of benzene rings is 1. The predicted octanol–water partition coefficient (Wildman–Crippen LogP) is 1.72. The van der Waals surface area contributed by atoms with Gasteiger partial charge in [0.2, 0.25) is 11.7 Å². The molecule has 0 aromatic heterocycles. The lowest BCUT2D eigenvalue weighted by atomic mass is 10.1. The van der Waals surface area contributed by atoms with Gasteiger partial charge < -0.3 is 9.80 Å². The third-order valence-electron chi connectivity index (χ3n) is 5.49. The maximum absolute atomic E-state index is 12.5. The van der Waals surface area contributed by atoms with E-state index in [0.29, 0.717) is 38.3 Å². The Balaban J connectivity index is 1.48. The van der Waals surface area contributed by atoms with Crippen molar-refractivity contribution in [3.8, 4) is 0 Å². The predicted molar refractivity (Wildman–Crippen MR) is 104 cm³/mol. The van der Waals surface area contributed by atoms with E-state index in [9.17, 15) is 14.4 Å². The summed E-state index contributed by atoms with van der Waals surface area (Å²) in [6.45, 7) is 6.33. The van der Waals surface area contributed by atoms with Gasteiger partial charge in [-0.1, -0.05) is 42.7 Å². The number of hydrogen-bond donors (Lipinski definition) is 0. The number of aryl methyl sites for hydroxylation is 1. The Hall–Kier alpha value is -2.21. The molecule has 0 saturated carbocycles. The number of amides is 2. The van der Waals surface area contributed by atoms with Gasteiger partial charge in [-0.25, -0.2) is 0 Å². The topological polar surface area (TPSA) is 60.9 Å². The van der Waals surface area contributed by atoms with Crippen molar-refractivity contribution < 1.29 is 14.4 Å². The van der Waals surface area contributed by atoms with E-state index in [0.717, 1.165) is 31.5 Å². The van der Waals surface area contributed by atoms with Gasteiger partial charge >= 0.3 is 0 Å². The van der Waals surface area contributed by atoms with Gasteiger partial charge in [0, 0.05) is 44.8 Å². The Bertz CT molecular complexity index is 670. The van der Waals surface area contributed by atoms with E-state index >= 15 is 0 Å². The molecule has 0 radical (unpaired) electrons. The molecule has 0 spiro atoms. The van der Waals surface area contributed by atoms with Gasteiger partial charge in [0.15, 0.2) is 0 Å². The molecule has 2 fully saturated rings. The number of likely N-dealkylation sites (tertiary alicyclic amines) is 1. The molecule has 0 bridgehead atoms. The van der Waals surface area contributed by atoms with Crippen LogP contribution in [0.2, 0.25) is 0 Å². The lowest BCUT2D eigenvalue weighted by Crippen LogP contribution is -2.53. The molecule has 1 aromatic carbocycles. The molecular formula is C21H29N3O3. The third kappa shape index (κ3) is 5.16. The second kappa shape index (κ2) is 9.13. The summed E-state index contributed by atoms with van der Waals surface area (Å²) in [4.78, 5) is 43.0. The number of ketones is 1. The highest BCUT2D eigenvalue weighted by Gasteiger charge is 2.28. The van der Waals surface area contributed by atoms with E-state index in [1.807, 2.05) is 24.0 Å². The van der Waals surface area contributed by atoms with Crippen molar-refractivity contribution in [2.24, 2.45) is 0 Å². The van der Waals surface area contributed by atoms with Crippen LogP contribution in [0, 0.1) is 6.92 Å². The van der Waals surface area contributed by atoms with Crippen LogP contribution in [0.4, 0.5) is 0 Å². The minimum absolute atomic E-state index is 0.187. The van der Waals surface area contributed by atoms with Crippen LogP contribution in [0.25, 0.3) is 0 Å². The zero-order valence-electron chi connectivity index (χ0n) is 16.2. The quantitative estimate of drug-likeness (QED) is 0.597. The summed E-state index contributed by atoms with van der Waals surface area (Å²) in [6.07, 6.45) is 4.60. The van der Waals surface area contributed by atoms with Gasteiger partial charge in [-0.05, 0) is 19.8 Å². The van der Waals surface area contributed by atoms with Crippen molar-refractivity contribution in [3.05, 3.63) is 35.4 Å². The normalized spacial score (nSPS) is 18.9. The highest BCUT2D eigenvalue weighted by atomic mass is 16.2. The first-order valence-electron chi connectivity index (χ1n) is 9.95. The minimum Gasteiger partial charge on any atom is -0.342 e. The van der Waals surface area contributed by atoms with Crippen LogP contribution in [0.3, 0.4) is 0 Å². The molecule has 0 aliphatic carbocycles.